The minimum absolute atomic E-state index is 0. The van der Waals surface area contributed by atoms with Crippen LogP contribution in [0, 0.1) is 10.4 Å². The molecular formula is C13H20ClMgNO2. The van der Waals surface area contributed by atoms with Gasteiger partial charge in [-0.15, -0.1) is 0 Å². The summed E-state index contributed by atoms with van der Waals surface area (Å²) in [5, 5.41) is 23.2. The summed E-state index contributed by atoms with van der Waals surface area (Å²) < 4.78 is 0. The van der Waals surface area contributed by atoms with E-state index in [1.54, 1.807) is 0 Å². The van der Waals surface area contributed by atoms with Crippen LogP contribution in [0.4, 0.5) is 0 Å². The number of benzene rings is 1. The molecule has 0 amide bonds. The number of nitrogens with zero attached hydrogens (tertiary/aromatic N) is 1. The van der Waals surface area contributed by atoms with E-state index in [-0.39, 0.29) is 48.5 Å². The first kappa shape index (κ1) is 20.5. The van der Waals surface area contributed by atoms with E-state index in [2.05, 4.69) is 6.92 Å². The fourth-order valence-electron chi connectivity index (χ4n) is 1.72. The maximum atomic E-state index is 11.6. The molecule has 0 aliphatic rings. The normalized spacial score (nSPS) is 10.4. The Balaban J connectivity index is 0. The molecule has 0 spiro atoms. The Kier molecular flexibility index (Phi) is 12.5. The molecule has 0 fully saturated rings. The first-order valence-electron chi connectivity index (χ1n) is 5.97. The molecule has 1 aromatic carbocycles. The van der Waals surface area contributed by atoms with E-state index in [0.717, 1.165) is 31.2 Å². The van der Waals surface area contributed by atoms with Gasteiger partial charge in [0.1, 0.15) is 6.54 Å². The summed E-state index contributed by atoms with van der Waals surface area (Å²) in [5.41, 5.74) is 0.822. The molecule has 18 heavy (non-hydrogen) atoms. The van der Waals surface area contributed by atoms with Crippen LogP contribution in [-0.2, 0) is 6.54 Å². The van der Waals surface area contributed by atoms with E-state index in [1.807, 2.05) is 30.3 Å². The van der Waals surface area contributed by atoms with Crippen molar-refractivity contribution in [1.82, 2.24) is 0 Å². The summed E-state index contributed by atoms with van der Waals surface area (Å²) in [7, 11) is 0. The number of hydroxylamine groups is 4. The van der Waals surface area contributed by atoms with Crippen LogP contribution < -0.4 is 12.4 Å². The summed E-state index contributed by atoms with van der Waals surface area (Å²) in [4.78, 5) is -1.40. The van der Waals surface area contributed by atoms with Crippen LogP contribution in [0.5, 0.6) is 0 Å². The smallest absolute Gasteiger partial charge is 1.00 e. The number of unbranched alkanes of at least 4 members (excludes halogenated alkanes) is 3. The van der Waals surface area contributed by atoms with Crippen LogP contribution in [0.25, 0.3) is 0 Å². The minimum atomic E-state index is -1.40. The summed E-state index contributed by atoms with van der Waals surface area (Å²) in [6, 6.07) is 9.25. The second kappa shape index (κ2) is 11.0. The van der Waals surface area contributed by atoms with E-state index in [4.69, 9.17) is 0 Å². The minimum Gasteiger partial charge on any atom is -1.00 e. The Morgan fingerprint density at radius 3 is 2.17 bits per heavy atom. The second-order valence-corrected chi connectivity index (χ2v) is 4.24. The molecule has 0 aliphatic heterocycles. The van der Waals surface area contributed by atoms with Crippen LogP contribution in [-0.4, -0.2) is 34.4 Å². The molecule has 98 valence electrons. The molecule has 0 aliphatic carbocycles. The van der Waals surface area contributed by atoms with Gasteiger partial charge in [-0.1, -0.05) is 50.1 Å². The third-order valence-electron chi connectivity index (χ3n) is 2.62. The number of quaternary nitrogens is 1. The molecule has 0 saturated carbocycles. The predicted molar refractivity (Wildman–Crippen MR) is 71.9 cm³/mol. The van der Waals surface area contributed by atoms with Crippen molar-refractivity contribution in [3.8, 4) is 0 Å². The van der Waals surface area contributed by atoms with Gasteiger partial charge in [-0.25, -0.2) is 0 Å². The van der Waals surface area contributed by atoms with Gasteiger partial charge in [0, 0.05) is 5.56 Å². The van der Waals surface area contributed by atoms with Gasteiger partial charge in [-0.05, 0) is 12.8 Å². The van der Waals surface area contributed by atoms with Crippen LogP contribution in [0.2, 0.25) is 0 Å². The summed E-state index contributed by atoms with van der Waals surface area (Å²) in [6.45, 7) is 2.32. The van der Waals surface area contributed by atoms with Crippen LogP contribution in [0.3, 0.4) is 0 Å². The maximum absolute atomic E-state index is 11.6. The van der Waals surface area contributed by atoms with Crippen LogP contribution in [0.15, 0.2) is 30.3 Å². The fourth-order valence-corrected chi connectivity index (χ4v) is 1.72. The molecule has 5 heteroatoms. The van der Waals surface area contributed by atoms with E-state index in [1.165, 1.54) is 0 Å². The zero-order chi connectivity index (χ0) is 11.9. The number of rotatable bonds is 7. The fraction of sp³-hybridized carbons (Fsp3) is 0.538. The zero-order valence-corrected chi connectivity index (χ0v) is 13.1. The Morgan fingerprint density at radius 1 is 1.00 bits per heavy atom. The number of halogens is 1. The molecular weight excluding hydrogens is 262 g/mol. The SMILES string of the molecule is CCCCCC[N+]([O-])([O-])Cc1ccccc1.[Cl-].[Mg+2]. The predicted octanol–water partition coefficient (Wildman–Crippen LogP) is 0.203. The standard InChI is InChI=1S/C13H20NO2.ClH.Mg/c1-2-3-4-8-11-14(15,16)12-13-9-6-5-7-10-13;;/h5-7,9-10H,2-4,8,11-12H2,1H3;1H;/q-1;;+2/p-1. The van der Waals surface area contributed by atoms with Gasteiger partial charge in [0.2, 0.25) is 0 Å². The molecule has 0 aromatic heterocycles. The number of hydrogen-bond donors (Lipinski definition) is 0. The van der Waals surface area contributed by atoms with Crippen molar-refractivity contribution in [3.63, 3.8) is 0 Å². The van der Waals surface area contributed by atoms with Crippen LogP contribution in [0.1, 0.15) is 38.2 Å². The second-order valence-electron chi connectivity index (χ2n) is 4.24. The Bertz CT molecular complexity index is 296. The van der Waals surface area contributed by atoms with Crippen molar-refractivity contribution in [1.29, 1.82) is 0 Å². The van der Waals surface area contributed by atoms with Gasteiger partial charge in [0.15, 0.2) is 0 Å². The van der Waals surface area contributed by atoms with E-state index in [0.29, 0.717) is 0 Å². The van der Waals surface area contributed by atoms with E-state index in [9.17, 15) is 10.4 Å². The van der Waals surface area contributed by atoms with Crippen molar-refractivity contribution in [2.24, 2.45) is 0 Å². The Morgan fingerprint density at radius 2 is 1.61 bits per heavy atom. The van der Waals surface area contributed by atoms with Crippen molar-refractivity contribution in [2.45, 2.75) is 39.2 Å². The molecule has 1 rings (SSSR count). The molecule has 0 atom stereocenters. The summed E-state index contributed by atoms with van der Waals surface area (Å²) >= 11 is 0. The summed E-state index contributed by atoms with van der Waals surface area (Å²) in [5.74, 6) is 0. The largest absolute Gasteiger partial charge is 2.00 e. The molecule has 0 bridgehead atoms. The van der Waals surface area contributed by atoms with Crippen molar-refractivity contribution in [2.75, 3.05) is 6.54 Å². The van der Waals surface area contributed by atoms with Gasteiger partial charge in [-0.2, -0.15) is 0 Å². The molecule has 0 radical (unpaired) electrons. The van der Waals surface area contributed by atoms with E-state index < -0.39 is 4.81 Å². The van der Waals surface area contributed by atoms with Gasteiger partial charge < -0.3 is 27.6 Å². The average Bonchev–Trinajstić information content (AvgIpc) is 2.25. The van der Waals surface area contributed by atoms with Gasteiger partial charge >= 0.3 is 23.1 Å². The number of hydrogen-bond acceptors (Lipinski definition) is 2. The molecule has 0 saturated heterocycles. The average molecular weight is 282 g/mol. The topological polar surface area (TPSA) is 46.1 Å². The monoisotopic (exact) mass is 281 g/mol. The zero-order valence-electron chi connectivity index (χ0n) is 11.0. The van der Waals surface area contributed by atoms with Crippen molar-refractivity contribution >= 4 is 23.1 Å². The molecule has 0 unspecified atom stereocenters. The quantitative estimate of drug-likeness (QED) is 0.310. The molecule has 0 heterocycles. The van der Waals surface area contributed by atoms with Gasteiger partial charge in [-0.3, -0.25) is 0 Å². The van der Waals surface area contributed by atoms with Crippen molar-refractivity contribution in [3.05, 3.63) is 46.3 Å². The Hall–Kier alpha value is 0.156. The van der Waals surface area contributed by atoms with Gasteiger partial charge in [0.05, 0.1) is 6.54 Å². The van der Waals surface area contributed by atoms with Gasteiger partial charge in [0.25, 0.3) is 0 Å². The molecule has 0 N–H and O–H groups in total. The van der Waals surface area contributed by atoms with Crippen LogP contribution >= 0.6 is 0 Å². The molecule has 1 aromatic rings. The first-order chi connectivity index (χ1) is 7.64. The Labute approximate surface area is 132 Å². The third-order valence-corrected chi connectivity index (χ3v) is 2.62. The van der Waals surface area contributed by atoms with E-state index >= 15 is 0 Å². The summed E-state index contributed by atoms with van der Waals surface area (Å²) in [6.07, 6.45) is 3.94. The molecule has 3 nitrogen and oxygen atoms in total. The maximum Gasteiger partial charge on any atom is 2.00 e. The van der Waals surface area contributed by atoms with Crippen molar-refractivity contribution < 1.29 is 17.2 Å². The third kappa shape index (κ3) is 9.13. The first-order valence-corrected chi connectivity index (χ1v) is 5.97.